The number of hydrogen-bond donors (Lipinski definition) is 1. The van der Waals surface area contributed by atoms with Gasteiger partial charge in [-0.25, -0.2) is 0 Å². The Bertz CT molecular complexity index is 812. The first-order valence-electron chi connectivity index (χ1n) is 8.71. The van der Waals surface area contributed by atoms with Crippen LogP contribution in [0.3, 0.4) is 0 Å². The van der Waals surface area contributed by atoms with E-state index in [1.807, 2.05) is 37.4 Å². The standard InChI is InChI=1S/C20H24N2O3S/c1-13(2)11-22-15-10-14(21-18(23)17-6-5-9-26-17)7-8-16(15)25-12-20(3,4)19(22)24/h5-10,13H,11-12H2,1-4H3,(H,21,23). The molecule has 1 aliphatic rings. The van der Waals surface area contributed by atoms with E-state index in [2.05, 4.69) is 19.2 Å². The van der Waals surface area contributed by atoms with E-state index in [0.29, 0.717) is 41.1 Å². The summed E-state index contributed by atoms with van der Waals surface area (Å²) in [6.45, 7) is 8.87. The highest BCUT2D eigenvalue weighted by Gasteiger charge is 2.38. The highest BCUT2D eigenvalue weighted by Crippen LogP contribution is 2.38. The Kier molecular flexibility index (Phi) is 5.05. The normalized spacial score (nSPS) is 16.0. The van der Waals surface area contributed by atoms with E-state index in [1.54, 1.807) is 17.0 Å². The second-order valence-electron chi connectivity index (χ2n) is 7.60. The molecule has 3 rings (SSSR count). The summed E-state index contributed by atoms with van der Waals surface area (Å²) >= 11 is 1.39. The number of fused-ring (bicyclic) bond motifs is 1. The summed E-state index contributed by atoms with van der Waals surface area (Å²) in [7, 11) is 0. The fourth-order valence-electron chi connectivity index (χ4n) is 2.87. The molecule has 2 aromatic rings. The van der Waals surface area contributed by atoms with Crippen LogP contribution in [0.2, 0.25) is 0 Å². The molecule has 26 heavy (non-hydrogen) atoms. The van der Waals surface area contributed by atoms with Crippen LogP contribution < -0.4 is 15.0 Å². The van der Waals surface area contributed by atoms with Gasteiger partial charge in [0, 0.05) is 12.2 Å². The van der Waals surface area contributed by atoms with Crippen molar-refractivity contribution in [3.8, 4) is 5.75 Å². The number of anilines is 2. The van der Waals surface area contributed by atoms with Crippen LogP contribution in [0.15, 0.2) is 35.7 Å². The van der Waals surface area contributed by atoms with Gasteiger partial charge in [0.25, 0.3) is 5.91 Å². The summed E-state index contributed by atoms with van der Waals surface area (Å²) in [4.78, 5) is 27.8. The molecule has 0 aliphatic carbocycles. The second kappa shape index (κ2) is 7.11. The van der Waals surface area contributed by atoms with Crippen LogP contribution in [0.5, 0.6) is 5.75 Å². The lowest BCUT2D eigenvalue weighted by molar-refractivity contribution is -0.127. The zero-order valence-corrected chi connectivity index (χ0v) is 16.4. The lowest BCUT2D eigenvalue weighted by Crippen LogP contribution is -2.43. The molecule has 1 aromatic carbocycles. The Hall–Kier alpha value is -2.34. The molecular weight excluding hydrogens is 348 g/mol. The van der Waals surface area contributed by atoms with Crippen LogP contribution in [-0.4, -0.2) is 25.0 Å². The smallest absolute Gasteiger partial charge is 0.265 e. The molecule has 1 N–H and O–H groups in total. The molecule has 0 saturated heterocycles. The van der Waals surface area contributed by atoms with Crippen LogP contribution in [-0.2, 0) is 4.79 Å². The Morgan fingerprint density at radius 3 is 2.77 bits per heavy atom. The molecule has 0 saturated carbocycles. The van der Waals surface area contributed by atoms with E-state index in [4.69, 9.17) is 4.74 Å². The van der Waals surface area contributed by atoms with Crippen molar-refractivity contribution in [1.82, 2.24) is 0 Å². The minimum atomic E-state index is -0.603. The van der Waals surface area contributed by atoms with Gasteiger partial charge in [0.1, 0.15) is 12.4 Å². The summed E-state index contributed by atoms with van der Waals surface area (Å²) < 4.78 is 5.91. The summed E-state index contributed by atoms with van der Waals surface area (Å²) in [6.07, 6.45) is 0. The number of carbonyl (C=O) groups excluding carboxylic acids is 2. The molecule has 0 spiro atoms. The third-order valence-corrected chi connectivity index (χ3v) is 5.08. The number of rotatable bonds is 4. The third-order valence-electron chi connectivity index (χ3n) is 4.21. The zero-order chi connectivity index (χ0) is 18.9. The van der Waals surface area contributed by atoms with Gasteiger partial charge in [-0.1, -0.05) is 19.9 Å². The Morgan fingerprint density at radius 2 is 2.12 bits per heavy atom. The van der Waals surface area contributed by atoms with Gasteiger partial charge in [-0.05, 0) is 49.4 Å². The van der Waals surface area contributed by atoms with Crippen LogP contribution >= 0.6 is 11.3 Å². The van der Waals surface area contributed by atoms with Gasteiger partial charge in [0.2, 0.25) is 5.91 Å². The van der Waals surface area contributed by atoms with E-state index in [1.165, 1.54) is 11.3 Å². The summed E-state index contributed by atoms with van der Waals surface area (Å²) in [5.74, 6) is 0.854. The predicted octanol–water partition coefficient (Wildman–Crippen LogP) is 4.41. The van der Waals surface area contributed by atoms with Crippen molar-refractivity contribution in [3.05, 3.63) is 40.6 Å². The average molecular weight is 372 g/mol. The zero-order valence-electron chi connectivity index (χ0n) is 15.5. The first-order valence-corrected chi connectivity index (χ1v) is 9.59. The number of hydrogen-bond acceptors (Lipinski definition) is 4. The lowest BCUT2D eigenvalue weighted by Gasteiger charge is -2.29. The maximum atomic E-state index is 13.0. The van der Waals surface area contributed by atoms with Gasteiger partial charge in [-0.2, -0.15) is 0 Å². The first-order chi connectivity index (χ1) is 12.3. The van der Waals surface area contributed by atoms with Crippen LogP contribution in [0.25, 0.3) is 0 Å². The van der Waals surface area contributed by atoms with Gasteiger partial charge >= 0.3 is 0 Å². The van der Waals surface area contributed by atoms with Crippen molar-refractivity contribution in [2.24, 2.45) is 11.3 Å². The van der Waals surface area contributed by atoms with E-state index in [0.717, 1.165) is 0 Å². The molecule has 0 radical (unpaired) electrons. The topological polar surface area (TPSA) is 58.6 Å². The van der Waals surface area contributed by atoms with Crippen molar-refractivity contribution in [2.45, 2.75) is 27.7 Å². The van der Waals surface area contributed by atoms with Crippen molar-refractivity contribution in [1.29, 1.82) is 0 Å². The molecule has 0 unspecified atom stereocenters. The highest BCUT2D eigenvalue weighted by atomic mass is 32.1. The molecular formula is C20H24N2O3S. The largest absolute Gasteiger partial charge is 0.490 e. The number of amides is 2. The molecule has 2 heterocycles. The van der Waals surface area contributed by atoms with Crippen LogP contribution in [0.4, 0.5) is 11.4 Å². The molecule has 0 atom stereocenters. The first kappa shape index (κ1) is 18.5. The van der Waals surface area contributed by atoms with E-state index in [9.17, 15) is 9.59 Å². The maximum absolute atomic E-state index is 13.0. The number of nitrogens with one attached hydrogen (secondary N) is 1. The monoisotopic (exact) mass is 372 g/mol. The second-order valence-corrected chi connectivity index (χ2v) is 8.54. The van der Waals surface area contributed by atoms with Gasteiger partial charge in [-0.3, -0.25) is 9.59 Å². The fraction of sp³-hybridized carbons (Fsp3) is 0.400. The molecule has 2 amide bonds. The van der Waals surface area contributed by atoms with Gasteiger partial charge < -0.3 is 15.0 Å². The lowest BCUT2D eigenvalue weighted by atomic mass is 9.92. The Balaban J connectivity index is 1.95. The number of nitrogens with zero attached hydrogens (tertiary/aromatic N) is 1. The van der Waals surface area contributed by atoms with Gasteiger partial charge in [-0.15, -0.1) is 11.3 Å². The molecule has 0 bridgehead atoms. The number of benzene rings is 1. The predicted molar refractivity (Wildman–Crippen MR) is 105 cm³/mol. The van der Waals surface area contributed by atoms with Crippen molar-refractivity contribution < 1.29 is 14.3 Å². The minimum absolute atomic E-state index is 0.0340. The van der Waals surface area contributed by atoms with Crippen LogP contribution in [0, 0.1) is 11.3 Å². The van der Waals surface area contributed by atoms with Crippen molar-refractivity contribution in [3.63, 3.8) is 0 Å². The van der Waals surface area contributed by atoms with Crippen molar-refractivity contribution >= 4 is 34.5 Å². The molecule has 1 aromatic heterocycles. The molecule has 1 aliphatic heterocycles. The average Bonchev–Trinajstić information content (AvgIpc) is 3.10. The minimum Gasteiger partial charge on any atom is -0.490 e. The van der Waals surface area contributed by atoms with Gasteiger partial charge in [0.05, 0.1) is 16.0 Å². The number of carbonyl (C=O) groups is 2. The molecule has 0 fully saturated rings. The molecule has 138 valence electrons. The fourth-order valence-corrected chi connectivity index (χ4v) is 3.49. The number of ether oxygens (including phenoxy) is 1. The van der Waals surface area contributed by atoms with E-state index in [-0.39, 0.29) is 11.8 Å². The summed E-state index contributed by atoms with van der Waals surface area (Å²) in [5, 5.41) is 4.77. The quantitative estimate of drug-likeness (QED) is 0.865. The van der Waals surface area contributed by atoms with Crippen LogP contribution in [0.1, 0.15) is 37.4 Å². The molecule has 6 heteroatoms. The Morgan fingerprint density at radius 1 is 1.35 bits per heavy atom. The Labute approximate surface area is 158 Å². The summed E-state index contributed by atoms with van der Waals surface area (Å²) in [5.41, 5.74) is 0.749. The maximum Gasteiger partial charge on any atom is 0.265 e. The van der Waals surface area contributed by atoms with E-state index >= 15 is 0 Å². The molecule has 5 nitrogen and oxygen atoms in total. The number of thiophene rings is 1. The SMILES string of the molecule is CC(C)CN1C(=O)C(C)(C)COc2ccc(NC(=O)c3cccs3)cc21. The van der Waals surface area contributed by atoms with Gasteiger partial charge in [0.15, 0.2) is 0 Å². The van der Waals surface area contributed by atoms with E-state index < -0.39 is 5.41 Å². The highest BCUT2D eigenvalue weighted by molar-refractivity contribution is 7.12. The third kappa shape index (κ3) is 3.75. The summed E-state index contributed by atoms with van der Waals surface area (Å²) in [6, 6.07) is 9.07. The van der Waals surface area contributed by atoms with Crippen molar-refractivity contribution in [2.75, 3.05) is 23.4 Å².